The summed E-state index contributed by atoms with van der Waals surface area (Å²) in [5.74, 6) is -2.67. The molecule has 3 saturated heterocycles. The summed E-state index contributed by atoms with van der Waals surface area (Å²) in [5.41, 5.74) is -0.312. The molecule has 33 heavy (non-hydrogen) atoms. The largest absolute Gasteiger partial charge is 0.456 e. The second-order valence-electron chi connectivity index (χ2n) is 8.53. The average molecular weight is 462 g/mol. The van der Waals surface area contributed by atoms with Crippen LogP contribution in [0.4, 0.5) is 18.9 Å². The van der Waals surface area contributed by atoms with Gasteiger partial charge in [-0.3, -0.25) is 0 Å². The van der Waals surface area contributed by atoms with Gasteiger partial charge >= 0.3 is 0 Å². The summed E-state index contributed by atoms with van der Waals surface area (Å²) in [6, 6.07) is 3.54. The van der Waals surface area contributed by atoms with E-state index in [0.717, 1.165) is 32.0 Å². The molecule has 0 spiro atoms. The predicted molar refractivity (Wildman–Crippen MR) is 111 cm³/mol. The molecule has 8 nitrogen and oxygen atoms in total. The molecule has 174 valence electrons. The van der Waals surface area contributed by atoms with Gasteiger partial charge in [0.25, 0.3) is 6.01 Å². The van der Waals surface area contributed by atoms with Crippen molar-refractivity contribution in [3.8, 4) is 17.3 Å². The molecule has 0 saturated carbocycles. The van der Waals surface area contributed by atoms with Gasteiger partial charge in [-0.2, -0.15) is 4.98 Å². The van der Waals surface area contributed by atoms with Crippen LogP contribution in [0.15, 0.2) is 18.2 Å². The number of fused-ring (bicyclic) bond motifs is 2. The molecule has 4 atom stereocenters. The third-order valence-corrected chi connectivity index (χ3v) is 6.38. The number of aliphatic hydroxyl groups is 1. The van der Waals surface area contributed by atoms with Gasteiger partial charge in [-0.15, -0.1) is 0 Å². The van der Waals surface area contributed by atoms with Crippen molar-refractivity contribution in [1.82, 2.24) is 15.0 Å². The first-order valence-corrected chi connectivity index (χ1v) is 10.9. The Bertz CT molecular complexity index is 1190. The molecule has 11 heteroatoms. The smallest absolute Gasteiger partial charge is 0.296 e. The summed E-state index contributed by atoms with van der Waals surface area (Å²) in [7, 11) is 0. The Kier molecular flexibility index (Phi) is 4.93. The van der Waals surface area contributed by atoms with Gasteiger partial charge in [0.15, 0.2) is 17.6 Å². The summed E-state index contributed by atoms with van der Waals surface area (Å²) in [6.45, 7) is 1.80. The highest BCUT2D eigenvalue weighted by molar-refractivity contribution is 5.77. The Balaban J connectivity index is 1.30. The van der Waals surface area contributed by atoms with Crippen molar-refractivity contribution < 1.29 is 32.5 Å². The molecule has 3 aromatic rings. The van der Waals surface area contributed by atoms with E-state index in [1.807, 2.05) is 4.90 Å². The van der Waals surface area contributed by atoms with Crippen molar-refractivity contribution in [1.29, 1.82) is 0 Å². The molecule has 0 amide bonds. The molecular formula is C22H21F3N4O4. The summed E-state index contributed by atoms with van der Waals surface area (Å²) in [6.07, 6.45) is -0.253. The molecule has 3 aliphatic heterocycles. The van der Waals surface area contributed by atoms with Crippen LogP contribution in [0.1, 0.15) is 12.8 Å². The molecule has 6 rings (SSSR count). The number of aromatic amines is 1. The number of anilines is 1. The van der Waals surface area contributed by atoms with E-state index in [2.05, 4.69) is 15.0 Å². The molecule has 1 unspecified atom stereocenters. The number of imidazole rings is 1. The maximum atomic E-state index is 14.9. The van der Waals surface area contributed by atoms with E-state index in [9.17, 15) is 18.3 Å². The maximum Gasteiger partial charge on any atom is 0.296 e. The Morgan fingerprint density at radius 2 is 1.70 bits per heavy atom. The standard InChI is InChI=1S/C22H21F3N4O4/c23-11-5-10(29-3-1-2-4-29)6-12(24)17(11)18-13(25)7-14-21(27-18)28-22(26-14)33-16-9-32-19-15(30)8-31-20(16)19/h5-7,15-16,19-20,30H,1-4,8-9H2,(H,26,27,28)/t15-,16-,19?,20-/m1/s1. The third kappa shape index (κ3) is 3.51. The minimum absolute atomic E-state index is 0.0404. The number of aliphatic hydroxyl groups excluding tert-OH is 1. The van der Waals surface area contributed by atoms with E-state index in [1.165, 1.54) is 12.1 Å². The Labute approximate surface area is 186 Å². The van der Waals surface area contributed by atoms with Crippen LogP contribution in [0, 0.1) is 17.5 Å². The van der Waals surface area contributed by atoms with Gasteiger partial charge in [0, 0.05) is 24.8 Å². The van der Waals surface area contributed by atoms with Crippen LogP contribution in [-0.4, -0.2) is 70.8 Å². The highest BCUT2D eigenvalue weighted by atomic mass is 19.1. The normalized spacial score (nSPS) is 27.0. The molecule has 0 radical (unpaired) electrons. The fraction of sp³-hybridized carbons (Fsp3) is 0.455. The van der Waals surface area contributed by atoms with E-state index >= 15 is 0 Å². The van der Waals surface area contributed by atoms with Crippen molar-refractivity contribution in [3.63, 3.8) is 0 Å². The lowest BCUT2D eigenvalue weighted by Crippen LogP contribution is -2.34. The molecular weight excluding hydrogens is 441 g/mol. The first kappa shape index (κ1) is 20.7. The number of halogens is 3. The Morgan fingerprint density at radius 1 is 0.970 bits per heavy atom. The zero-order valence-corrected chi connectivity index (χ0v) is 17.4. The van der Waals surface area contributed by atoms with Gasteiger partial charge in [0.1, 0.15) is 35.6 Å². The quantitative estimate of drug-likeness (QED) is 0.616. The number of hydrogen-bond acceptors (Lipinski definition) is 7. The number of benzene rings is 1. The van der Waals surface area contributed by atoms with Gasteiger partial charge in [0.2, 0.25) is 0 Å². The number of pyridine rings is 1. The highest BCUT2D eigenvalue weighted by Crippen LogP contribution is 2.34. The van der Waals surface area contributed by atoms with Gasteiger partial charge in [-0.25, -0.2) is 18.2 Å². The van der Waals surface area contributed by atoms with Crippen molar-refractivity contribution in [2.24, 2.45) is 0 Å². The molecule has 0 aliphatic carbocycles. The minimum atomic E-state index is -0.893. The molecule has 3 aliphatic rings. The van der Waals surface area contributed by atoms with E-state index in [-0.39, 0.29) is 30.4 Å². The number of rotatable bonds is 4. The van der Waals surface area contributed by atoms with Crippen LogP contribution in [0.3, 0.4) is 0 Å². The van der Waals surface area contributed by atoms with Crippen LogP contribution in [0.5, 0.6) is 6.01 Å². The van der Waals surface area contributed by atoms with Crippen molar-refractivity contribution in [3.05, 3.63) is 35.7 Å². The molecule has 3 fully saturated rings. The van der Waals surface area contributed by atoms with Crippen LogP contribution < -0.4 is 9.64 Å². The summed E-state index contributed by atoms with van der Waals surface area (Å²) in [4.78, 5) is 13.0. The van der Waals surface area contributed by atoms with Gasteiger partial charge in [0.05, 0.1) is 24.3 Å². The lowest BCUT2D eigenvalue weighted by Gasteiger charge is -2.18. The fourth-order valence-corrected chi connectivity index (χ4v) is 4.76. The van der Waals surface area contributed by atoms with E-state index in [4.69, 9.17) is 14.2 Å². The van der Waals surface area contributed by atoms with E-state index in [0.29, 0.717) is 5.69 Å². The lowest BCUT2D eigenvalue weighted by atomic mass is 10.1. The van der Waals surface area contributed by atoms with E-state index in [1.54, 1.807) is 0 Å². The van der Waals surface area contributed by atoms with Crippen molar-refractivity contribution in [2.45, 2.75) is 37.3 Å². The average Bonchev–Trinajstić information content (AvgIpc) is 3.55. The summed E-state index contributed by atoms with van der Waals surface area (Å²) >= 11 is 0. The highest BCUT2D eigenvalue weighted by Gasteiger charge is 2.48. The lowest BCUT2D eigenvalue weighted by molar-refractivity contribution is 0.00706. The SMILES string of the molecule is O[C@@H]1CO[C@H]2C1OC[C@H]2Oc1nc2nc(-c3c(F)cc(N4CCCC4)cc3F)c(F)cc2[nH]1. The molecule has 1 aromatic carbocycles. The summed E-state index contributed by atoms with van der Waals surface area (Å²) in [5, 5.41) is 9.85. The molecule has 2 aromatic heterocycles. The molecule has 0 bridgehead atoms. The maximum absolute atomic E-state index is 14.9. The van der Waals surface area contributed by atoms with Gasteiger partial charge < -0.3 is 29.2 Å². The van der Waals surface area contributed by atoms with Crippen LogP contribution in [0.2, 0.25) is 0 Å². The third-order valence-electron chi connectivity index (χ3n) is 6.38. The first-order chi connectivity index (χ1) is 16.0. The van der Waals surface area contributed by atoms with Crippen LogP contribution in [0.25, 0.3) is 22.4 Å². The second kappa shape index (κ2) is 7.86. The zero-order chi connectivity index (χ0) is 22.7. The van der Waals surface area contributed by atoms with E-state index < -0.39 is 53.1 Å². The predicted octanol–water partition coefficient (Wildman–Crippen LogP) is 2.55. The topological polar surface area (TPSA) is 92.7 Å². The van der Waals surface area contributed by atoms with Gasteiger partial charge in [-0.05, 0) is 25.0 Å². The number of ether oxygens (including phenoxy) is 3. The fourth-order valence-electron chi connectivity index (χ4n) is 4.76. The second-order valence-corrected chi connectivity index (χ2v) is 8.53. The van der Waals surface area contributed by atoms with Crippen LogP contribution >= 0.6 is 0 Å². The number of hydrogen-bond donors (Lipinski definition) is 2. The van der Waals surface area contributed by atoms with Crippen molar-refractivity contribution in [2.75, 3.05) is 31.2 Å². The van der Waals surface area contributed by atoms with Crippen LogP contribution in [-0.2, 0) is 9.47 Å². The number of H-pyrrole nitrogens is 1. The van der Waals surface area contributed by atoms with Gasteiger partial charge in [-0.1, -0.05) is 0 Å². The number of aromatic nitrogens is 3. The monoisotopic (exact) mass is 462 g/mol. The summed E-state index contributed by atoms with van der Waals surface area (Å²) < 4.78 is 61.4. The Hall–Kier alpha value is -2.89. The number of nitrogens with zero attached hydrogens (tertiary/aromatic N) is 3. The minimum Gasteiger partial charge on any atom is -0.456 e. The van der Waals surface area contributed by atoms with Crippen molar-refractivity contribution >= 4 is 16.9 Å². The number of nitrogens with one attached hydrogen (secondary N) is 1. The first-order valence-electron chi connectivity index (χ1n) is 10.9. The molecule has 5 heterocycles. The molecule has 2 N–H and O–H groups in total. The zero-order valence-electron chi connectivity index (χ0n) is 17.4. The Morgan fingerprint density at radius 3 is 2.45 bits per heavy atom.